The molecule has 5 nitrogen and oxygen atoms in total. The van der Waals surface area contributed by atoms with Gasteiger partial charge >= 0.3 is 0 Å². The minimum absolute atomic E-state index is 0.0431. The van der Waals surface area contributed by atoms with Crippen LogP contribution in [0.3, 0.4) is 0 Å². The molecule has 1 unspecified atom stereocenters. The first kappa shape index (κ1) is 17.8. The van der Waals surface area contributed by atoms with E-state index in [1.54, 1.807) is 0 Å². The average Bonchev–Trinajstić information content (AvgIpc) is 2.42. The number of sulfonamides is 1. The normalized spacial score (nSPS) is 12.9. The topological polar surface area (TPSA) is 78.6 Å². The molecular formula is C15H25NO4S. The van der Waals surface area contributed by atoms with Crippen LogP contribution in [0, 0.1) is 5.92 Å². The van der Waals surface area contributed by atoms with Crippen LogP contribution in [0.2, 0.25) is 0 Å². The Kier molecular flexibility index (Phi) is 7.53. The second-order valence-electron chi connectivity index (χ2n) is 5.12. The van der Waals surface area contributed by atoms with Gasteiger partial charge in [-0.05, 0) is 37.1 Å². The second-order valence-corrected chi connectivity index (χ2v) is 6.77. The Balaban J connectivity index is 2.51. The van der Waals surface area contributed by atoms with E-state index < -0.39 is 10.0 Å². The molecule has 0 spiro atoms. The molecule has 21 heavy (non-hydrogen) atoms. The maximum atomic E-state index is 11.2. The number of hydrogen-bond donors (Lipinski definition) is 1. The Hall–Kier alpha value is -1.27. The fourth-order valence-corrected chi connectivity index (χ4v) is 2.94. The van der Waals surface area contributed by atoms with E-state index in [1.807, 2.05) is 31.2 Å². The van der Waals surface area contributed by atoms with Crippen LogP contribution in [0.1, 0.15) is 33.1 Å². The summed E-state index contributed by atoms with van der Waals surface area (Å²) in [6, 6.07) is 7.34. The molecular weight excluding hydrogens is 290 g/mol. The minimum atomic E-state index is -3.47. The first-order chi connectivity index (χ1) is 9.94. The van der Waals surface area contributed by atoms with Crippen LogP contribution in [0.15, 0.2) is 24.3 Å². The van der Waals surface area contributed by atoms with Crippen LogP contribution < -0.4 is 14.6 Å². The first-order valence-corrected chi connectivity index (χ1v) is 9.02. The monoisotopic (exact) mass is 315 g/mol. The van der Waals surface area contributed by atoms with E-state index in [0.29, 0.717) is 19.0 Å². The lowest BCUT2D eigenvalue weighted by molar-refractivity contribution is 0.252. The lowest BCUT2D eigenvalue weighted by atomic mass is 10.1. The largest absolute Gasteiger partial charge is 0.494 e. The summed E-state index contributed by atoms with van der Waals surface area (Å²) in [5, 5.41) is 5.10. The van der Waals surface area contributed by atoms with E-state index in [-0.39, 0.29) is 11.7 Å². The van der Waals surface area contributed by atoms with Gasteiger partial charge in [-0.15, -0.1) is 0 Å². The lowest BCUT2D eigenvalue weighted by Gasteiger charge is -2.16. The van der Waals surface area contributed by atoms with Gasteiger partial charge in [0.25, 0.3) is 0 Å². The van der Waals surface area contributed by atoms with Crippen molar-refractivity contribution in [1.29, 1.82) is 0 Å². The predicted molar refractivity (Wildman–Crippen MR) is 84.1 cm³/mol. The SMILES string of the molecule is CCCOc1ccc(OCC(CCC)CS(N)(=O)=O)cc1. The summed E-state index contributed by atoms with van der Waals surface area (Å²) in [6.07, 6.45) is 2.63. The highest BCUT2D eigenvalue weighted by Gasteiger charge is 2.16. The second kappa shape index (κ2) is 8.89. The smallest absolute Gasteiger partial charge is 0.209 e. The molecule has 0 aliphatic rings. The van der Waals surface area contributed by atoms with Gasteiger partial charge in [-0.2, -0.15) is 0 Å². The molecule has 2 N–H and O–H groups in total. The third-order valence-corrected chi connectivity index (χ3v) is 3.88. The molecule has 6 heteroatoms. The Labute approximate surface area is 127 Å². The van der Waals surface area contributed by atoms with Gasteiger partial charge in [0.2, 0.25) is 10.0 Å². The highest BCUT2D eigenvalue weighted by atomic mass is 32.2. The zero-order chi connectivity index (χ0) is 15.7. The van der Waals surface area contributed by atoms with Crippen LogP contribution in [0.4, 0.5) is 0 Å². The molecule has 0 amide bonds. The van der Waals surface area contributed by atoms with Crippen LogP contribution >= 0.6 is 0 Å². The van der Waals surface area contributed by atoms with Gasteiger partial charge in [-0.3, -0.25) is 0 Å². The zero-order valence-corrected chi connectivity index (χ0v) is 13.6. The Morgan fingerprint density at radius 1 is 1.05 bits per heavy atom. The Bertz CT molecular complexity index is 499. The molecule has 1 rings (SSSR count). The molecule has 0 saturated heterocycles. The predicted octanol–water partition coefficient (Wildman–Crippen LogP) is 2.56. The maximum absolute atomic E-state index is 11.2. The third kappa shape index (κ3) is 7.92. The van der Waals surface area contributed by atoms with E-state index in [4.69, 9.17) is 14.6 Å². The lowest BCUT2D eigenvalue weighted by Crippen LogP contribution is -2.26. The van der Waals surface area contributed by atoms with Crippen molar-refractivity contribution < 1.29 is 17.9 Å². The third-order valence-electron chi connectivity index (χ3n) is 2.95. The summed E-state index contributed by atoms with van der Waals surface area (Å²) in [5.41, 5.74) is 0. The van der Waals surface area contributed by atoms with E-state index in [0.717, 1.165) is 25.0 Å². The molecule has 1 atom stereocenters. The average molecular weight is 315 g/mol. The molecule has 0 saturated carbocycles. The van der Waals surface area contributed by atoms with Gasteiger partial charge in [0.05, 0.1) is 19.0 Å². The molecule has 1 aromatic rings. The summed E-state index contributed by atoms with van der Waals surface area (Å²) in [5.74, 6) is 1.38. The number of benzene rings is 1. The van der Waals surface area contributed by atoms with Crippen molar-refractivity contribution in [2.24, 2.45) is 11.1 Å². The van der Waals surface area contributed by atoms with Gasteiger partial charge < -0.3 is 9.47 Å². The van der Waals surface area contributed by atoms with Crippen LogP contribution in [-0.2, 0) is 10.0 Å². The van der Waals surface area contributed by atoms with E-state index >= 15 is 0 Å². The van der Waals surface area contributed by atoms with Gasteiger partial charge in [-0.1, -0.05) is 20.3 Å². The molecule has 0 fully saturated rings. The summed E-state index contributed by atoms with van der Waals surface area (Å²) in [4.78, 5) is 0. The van der Waals surface area contributed by atoms with Crippen molar-refractivity contribution in [2.75, 3.05) is 19.0 Å². The minimum Gasteiger partial charge on any atom is -0.494 e. The molecule has 0 aromatic heterocycles. The van der Waals surface area contributed by atoms with Gasteiger partial charge in [0.15, 0.2) is 0 Å². The van der Waals surface area contributed by atoms with Crippen LogP contribution in [-0.4, -0.2) is 27.4 Å². The fourth-order valence-electron chi connectivity index (χ4n) is 2.02. The van der Waals surface area contributed by atoms with Crippen LogP contribution in [0.5, 0.6) is 11.5 Å². The van der Waals surface area contributed by atoms with Gasteiger partial charge in [0.1, 0.15) is 11.5 Å². The quantitative estimate of drug-likeness (QED) is 0.719. The summed E-state index contributed by atoms with van der Waals surface area (Å²) in [7, 11) is -3.47. The van der Waals surface area contributed by atoms with Crippen molar-refractivity contribution in [3.63, 3.8) is 0 Å². The Morgan fingerprint density at radius 3 is 2.10 bits per heavy atom. The van der Waals surface area contributed by atoms with Crippen molar-refractivity contribution in [3.05, 3.63) is 24.3 Å². The molecule has 0 bridgehead atoms. The molecule has 0 aliphatic heterocycles. The number of ether oxygens (including phenoxy) is 2. The Morgan fingerprint density at radius 2 is 1.62 bits per heavy atom. The number of hydrogen-bond acceptors (Lipinski definition) is 4. The zero-order valence-electron chi connectivity index (χ0n) is 12.7. The first-order valence-electron chi connectivity index (χ1n) is 7.30. The van der Waals surface area contributed by atoms with Gasteiger partial charge in [-0.25, -0.2) is 13.6 Å². The van der Waals surface area contributed by atoms with Gasteiger partial charge in [0, 0.05) is 5.92 Å². The molecule has 0 radical (unpaired) electrons. The van der Waals surface area contributed by atoms with Crippen molar-refractivity contribution in [3.8, 4) is 11.5 Å². The molecule has 1 aromatic carbocycles. The fraction of sp³-hybridized carbons (Fsp3) is 0.600. The van der Waals surface area contributed by atoms with Crippen molar-refractivity contribution in [2.45, 2.75) is 33.1 Å². The summed E-state index contributed by atoms with van der Waals surface area (Å²) >= 11 is 0. The summed E-state index contributed by atoms with van der Waals surface area (Å²) < 4.78 is 33.5. The summed E-state index contributed by atoms with van der Waals surface area (Å²) in [6.45, 7) is 5.10. The number of primary sulfonamides is 1. The van der Waals surface area contributed by atoms with E-state index in [2.05, 4.69) is 6.92 Å². The number of nitrogens with two attached hydrogens (primary N) is 1. The standard InChI is InChI=1S/C15H25NO4S/c1-3-5-13(12-21(16,17)18)11-20-15-8-6-14(7-9-15)19-10-4-2/h6-9,13H,3-5,10-12H2,1-2H3,(H2,16,17,18). The molecule has 120 valence electrons. The van der Waals surface area contributed by atoms with Crippen molar-refractivity contribution >= 4 is 10.0 Å². The molecule has 0 aliphatic carbocycles. The highest BCUT2D eigenvalue weighted by molar-refractivity contribution is 7.89. The van der Waals surface area contributed by atoms with Crippen molar-refractivity contribution in [1.82, 2.24) is 0 Å². The van der Waals surface area contributed by atoms with Crippen LogP contribution in [0.25, 0.3) is 0 Å². The number of rotatable bonds is 10. The maximum Gasteiger partial charge on any atom is 0.209 e. The van der Waals surface area contributed by atoms with E-state index in [9.17, 15) is 8.42 Å². The van der Waals surface area contributed by atoms with E-state index in [1.165, 1.54) is 0 Å². The molecule has 0 heterocycles. The highest BCUT2D eigenvalue weighted by Crippen LogP contribution is 2.19.